The Balaban J connectivity index is 1.87. The van der Waals surface area contributed by atoms with E-state index in [-0.39, 0.29) is 13.1 Å². The lowest BCUT2D eigenvalue weighted by atomic mass is 9.87. The second-order valence-electron chi connectivity index (χ2n) is 5.38. The summed E-state index contributed by atoms with van der Waals surface area (Å²) < 4.78 is 39.0. The van der Waals surface area contributed by atoms with E-state index in [0.29, 0.717) is 24.5 Å². The zero-order valence-electron chi connectivity index (χ0n) is 11.7. The number of hydrogen-bond acceptors (Lipinski definition) is 4. The molecule has 0 radical (unpaired) electrons. The van der Waals surface area contributed by atoms with Crippen LogP contribution in [0.25, 0.3) is 0 Å². The second kappa shape index (κ2) is 5.77. The van der Waals surface area contributed by atoms with Crippen LogP contribution in [0.4, 0.5) is 13.6 Å². The van der Waals surface area contributed by atoms with Crippen molar-refractivity contribution in [2.45, 2.75) is 24.6 Å². The lowest BCUT2D eigenvalue weighted by Gasteiger charge is -2.37. The van der Waals surface area contributed by atoms with Crippen LogP contribution in [0.2, 0.25) is 0 Å². The number of carbonyl (C=O) groups is 1. The summed E-state index contributed by atoms with van der Waals surface area (Å²) >= 11 is 0. The summed E-state index contributed by atoms with van der Waals surface area (Å²) in [6.45, 7) is 0.468. The molecule has 2 saturated heterocycles. The van der Waals surface area contributed by atoms with Crippen LogP contribution in [0.3, 0.4) is 0 Å². The first-order valence-electron chi connectivity index (χ1n) is 7.02. The quantitative estimate of drug-likeness (QED) is 0.906. The smallest absolute Gasteiger partial charge is 0.407 e. The first kappa shape index (κ1) is 15.1. The lowest BCUT2D eigenvalue weighted by Crippen LogP contribution is -2.47. The number of likely N-dealkylation sites (tertiary alicyclic amines) is 1. The average molecular weight is 314 g/mol. The van der Waals surface area contributed by atoms with E-state index in [2.05, 4.69) is 4.98 Å². The zero-order chi connectivity index (χ0) is 15.7. The van der Waals surface area contributed by atoms with E-state index in [1.807, 2.05) is 0 Å². The number of ether oxygens (including phenoxy) is 2. The molecule has 0 bridgehead atoms. The summed E-state index contributed by atoms with van der Waals surface area (Å²) in [6.07, 6.45) is -0.895. The maximum absolute atomic E-state index is 14.2. The van der Waals surface area contributed by atoms with Crippen LogP contribution in [0.5, 0.6) is 0 Å². The van der Waals surface area contributed by atoms with Crippen LogP contribution in [-0.4, -0.2) is 53.3 Å². The Morgan fingerprint density at radius 1 is 1.41 bits per heavy atom. The number of carboxylic acid groups (broad SMARTS) is 1. The van der Waals surface area contributed by atoms with Gasteiger partial charge < -0.3 is 19.5 Å². The van der Waals surface area contributed by atoms with Crippen LogP contribution in [-0.2, 0) is 9.47 Å². The van der Waals surface area contributed by atoms with Crippen LogP contribution < -0.4 is 0 Å². The van der Waals surface area contributed by atoms with E-state index in [0.717, 1.165) is 4.90 Å². The maximum atomic E-state index is 14.2. The van der Waals surface area contributed by atoms with Crippen molar-refractivity contribution in [1.82, 2.24) is 9.88 Å². The van der Waals surface area contributed by atoms with Crippen LogP contribution in [0.1, 0.15) is 29.9 Å². The predicted octanol–water partition coefficient (Wildman–Crippen LogP) is 2.23. The van der Waals surface area contributed by atoms with Crippen molar-refractivity contribution in [3.05, 3.63) is 29.6 Å². The molecule has 0 aromatic carbocycles. The third-order valence-corrected chi connectivity index (χ3v) is 3.97. The standard InChI is InChI=1S/C14H16F2N2O4/c15-14(16)2-4-18(13(19)20)8-10(14)9-1-3-17-11(7-9)12-21-5-6-22-12/h1,3,7,10,12H,2,4-6,8H2,(H,19,20). The van der Waals surface area contributed by atoms with Gasteiger partial charge in [-0.3, -0.25) is 4.98 Å². The molecule has 1 aromatic rings. The Morgan fingerprint density at radius 2 is 2.14 bits per heavy atom. The first-order valence-corrected chi connectivity index (χ1v) is 7.02. The van der Waals surface area contributed by atoms with Gasteiger partial charge in [0.1, 0.15) is 0 Å². The normalized spacial score (nSPS) is 25.4. The molecule has 1 aromatic heterocycles. The van der Waals surface area contributed by atoms with E-state index in [1.165, 1.54) is 18.3 Å². The van der Waals surface area contributed by atoms with Gasteiger partial charge in [-0.2, -0.15) is 0 Å². The Morgan fingerprint density at radius 3 is 2.82 bits per heavy atom. The summed E-state index contributed by atoms with van der Waals surface area (Å²) in [5, 5.41) is 9.03. The number of amides is 1. The number of halogens is 2. The highest BCUT2D eigenvalue weighted by Gasteiger charge is 2.46. The molecule has 1 N–H and O–H groups in total. The van der Waals surface area contributed by atoms with Gasteiger partial charge in [-0.05, 0) is 17.7 Å². The molecule has 22 heavy (non-hydrogen) atoms. The Kier molecular flexibility index (Phi) is 3.96. The molecule has 0 aliphatic carbocycles. The van der Waals surface area contributed by atoms with Gasteiger partial charge in [0.15, 0.2) is 0 Å². The molecule has 0 spiro atoms. The highest BCUT2D eigenvalue weighted by Crippen LogP contribution is 2.40. The number of nitrogens with zero attached hydrogens (tertiary/aromatic N) is 2. The topological polar surface area (TPSA) is 71.9 Å². The molecule has 0 saturated carbocycles. The number of piperidine rings is 1. The van der Waals surface area contributed by atoms with E-state index in [9.17, 15) is 13.6 Å². The Hall–Kier alpha value is -1.80. The predicted molar refractivity (Wildman–Crippen MR) is 70.8 cm³/mol. The van der Waals surface area contributed by atoms with Crippen molar-refractivity contribution < 1.29 is 28.2 Å². The largest absolute Gasteiger partial charge is 0.465 e. The molecule has 3 rings (SSSR count). The fraction of sp³-hybridized carbons (Fsp3) is 0.571. The molecule has 2 fully saturated rings. The first-order chi connectivity index (χ1) is 10.5. The number of hydrogen-bond donors (Lipinski definition) is 1. The molecule has 3 heterocycles. The molecule has 120 valence electrons. The van der Waals surface area contributed by atoms with Crippen molar-refractivity contribution in [2.75, 3.05) is 26.3 Å². The number of rotatable bonds is 2. The summed E-state index contributed by atoms with van der Waals surface area (Å²) in [5.74, 6) is -4.15. The molecule has 1 unspecified atom stereocenters. The highest BCUT2D eigenvalue weighted by molar-refractivity contribution is 5.65. The van der Waals surface area contributed by atoms with Crippen molar-refractivity contribution >= 4 is 6.09 Å². The van der Waals surface area contributed by atoms with Gasteiger partial charge in [-0.25, -0.2) is 13.6 Å². The lowest BCUT2D eigenvalue weighted by molar-refractivity contribution is -0.0711. The number of aromatic nitrogens is 1. The molecule has 2 aliphatic heterocycles. The molecule has 1 atom stereocenters. The third-order valence-electron chi connectivity index (χ3n) is 3.97. The van der Waals surface area contributed by atoms with Gasteiger partial charge in [-0.1, -0.05) is 0 Å². The minimum atomic E-state index is -2.96. The van der Waals surface area contributed by atoms with E-state index in [4.69, 9.17) is 14.6 Å². The number of pyridine rings is 1. The van der Waals surface area contributed by atoms with Crippen molar-refractivity contribution in [3.8, 4) is 0 Å². The summed E-state index contributed by atoms with van der Waals surface area (Å²) in [5.41, 5.74) is 0.776. The molecule has 1 amide bonds. The fourth-order valence-electron chi connectivity index (χ4n) is 2.77. The van der Waals surface area contributed by atoms with Gasteiger partial charge in [0.05, 0.1) is 24.8 Å². The fourth-order valence-corrected chi connectivity index (χ4v) is 2.77. The van der Waals surface area contributed by atoms with Crippen molar-refractivity contribution in [3.63, 3.8) is 0 Å². The van der Waals surface area contributed by atoms with E-state index in [1.54, 1.807) is 0 Å². The van der Waals surface area contributed by atoms with Crippen molar-refractivity contribution in [2.24, 2.45) is 0 Å². The molecular formula is C14H16F2N2O4. The van der Waals surface area contributed by atoms with E-state index < -0.39 is 30.6 Å². The minimum Gasteiger partial charge on any atom is -0.465 e. The molecule has 6 nitrogen and oxygen atoms in total. The Bertz CT molecular complexity index is 564. The summed E-state index contributed by atoms with van der Waals surface area (Å²) in [4.78, 5) is 16.2. The van der Waals surface area contributed by atoms with Gasteiger partial charge in [-0.15, -0.1) is 0 Å². The van der Waals surface area contributed by atoms with Gasteiger partial charge in [0.2, 0.25) is 6.29 Å². The van der Waals surface area contributed by atoms with Gasteiger partial charge in [0, 0.05) is 25.7 Å². The summed E-state index contributed by atoms with van der Waals surface area (Å²) in [7, 11) is 0. The summed E-state index contributed by atoms with van der Waals surface area (Å²) in [6, 6.07) is 3.00. The van der Waals surface area contributed by atoms with Crippen LogP contribution in [0.15, 0.2) is 18.3 Å². The maximum Gasteiger partial charge on any atom is 0.407 e. The monoisotopic (exact) mass is 314 g/mol. The minimum absolute atomic E-state index is 0.161. The van der Waals surface area contributed by atoms with Gasteiger partial charge >= 0.3 is 6.09 Å². The SMILES string of the molecule is O=C(O)N1CCC(F)(F)C(c2ccnc(C3OCCO3)c2)C1. The van der Waals surface area contributed by atoms with Gasteiger partial charge in [0.25, 0.3) is 5.92 Å². The molecule has 8 heteroatoms. The highest BCUT2D eigenvalue weighted by atomic mass is 19.3. The Labute approximate surface area is 125 Å². The average Bonchev–Trinajstić information content (AvgIpc) is 3.01. The van der Waals surface area contributed by atoms with Crippen LogP contribution in [0, 0.1) is 0 Å². The third kappa shape index (κ3) is 2.89. The zero-order valence-corrected chi connectivity index (χ0v) is 11.7. The molecular weight excluding hydrogens is 298 g/mol. The van der Waals surface area contributed by atoms with E-state index >= 15 is 0 Å². The molecule has 2 aliphatic rings. The van der Waals surface area contributed by atoms with Crippen molar-refractivity contribution in [1.29, 1.82) is 0 Å². The number of alkyl halides is 2. The second-order valence-corrected chi connectivity index (χ2v) is 5.38. The van der Waals surface area contributed by atoms with Crippen LogP contribution >= 0.6 is 0 Å².